The van der Waals surface area contributed by atoms with E-state index in [-0.39, 0.29) is 23.4 Å². The van der Waals surface area contributed by atoms with Gasteiger partial charge in [-0.05, 0) is 59.7 Å². The van der Waals surface area contributed by atoms with E-state index < -0.39 is 12.8 Å². The third kappa shape index (κ3) is 5.20. The Hall–Kier alpha value is -3.42. The average Bonchev–Trinajstić information content (AvgIpc) is 2.77. The zero-order chi connectivity index (χ0) is 21.8. The van der Waals surface area contributed by atoms with Gasteiger partial charge in [0, 0.05) is 30.7 Å². The number of hydrogen-bond acceptors (Lipinski definition) is 4. The second-order valence-corrected chi connectivity index (χ2v) is 7.38. The van der Waals surface area contributed by atoms with Crippen molar-refractivity contribution in [2.45, 2.75) is 31.5 Å². The van der Waals surface area contributed by atoms with Crippen LogP contribution in [0.15, 0.2) is 61.1 Å². The van der Waals surface area contributed by atoms with E-state index in [1.165, 1.54) is 29.5 Å². The number of amides is 1. The molecule has 5 nitrogen and oxygen atoms in total. The SMILES string of the molecule is O=C(NC1CCc2cccc(-c3ccncc3)c2C1)c1ccc(OCC(F)(F)F)nc1. The van der Waals surface area contributed by atoms with Gasteiger partial charge < -0.3 is 10.1 Å². The number of aryl methyl sites for hydroxylation is 1. The van der Waals surface area contributed by atoms with Crippen molar-refractivity contribution in [2.75, 3.05) is 6.61 Å². The highest BCUT2D eigenvalue weighted by atomic mass is 19.4. The number of benzene rings is 1. The van der Waals surface area contributed by atoms with Crippen LogP contribution in [0.2, 0.25) is 0 Å². The van der Waals surface area contributed by atoms with Crippen molar-refractivity contribution < 1.29 is 22.7 Å². The molecule has 31 heavy (non-hydrogen) atoms. The first kappa shape index (κ1) is 20.8. The normalized spacial score (nSPS) is 15.8. The van der Waals surface area contributed by atoms with Crippen LogP contribution in [0.3, 0.4) is 0 Å². The van der Waals surface area contributed by atoms with E-state index in [4.69, 9.17) is 0 Å². The monoisotopic (exact) mass is 427 g/mol. The largest absolute Gasteiger partial charge is 0.468 e. The van der Waals surface area contributed by atoms with Gasteiger partial charge in [0.1, 0.15) is 0 Å². The minimum absolute atomic E-state index is 0.0517. The topological polar surface area (TPSA) is 64.1 Å². The molecule has 0 fully saturated rings. The first-order valence-electron chi connectivity index (χ1n) is 9.87. The van der Waals surface area contributed by atoms with Crippen molar-refractivity contribution in [1.29, 1.82) is 0 Å². The number of pyridine rings is 2. The van der Waals surface area contributed by atoms with Gasteiger partial charge in [-0.2, -0.15) is 13.2 Å². The molecular weight excluding hydrogens is 407 g/mol. The Morgan fingerprint density at radius 3 is 2.65 bits per heavy atom. The number of nitrogens with one attached hydrogen (secondary N) is 1. The summed E-state index contributed by atoms with van der Waals surface area (Å²) in [5.41, 5.74) is 4.96. The molecule has 1 aromatic carbocycles. The van der Waals surface area contributed by atoms with Gasteiger partial charge in [-0.3, -0.25) is 9.78 Å². The van der Waals surface area contributed by atoms with E-state index in [0.717, 1.165) is 24.0 Å². The van der Waals surface area contributed by atoms with Crippen molar-refractivity contribution in [2.24, 2.45) is 0 Å². The Morgan fingerprint density at radius 1 is 1.13 bits per heavy atom. The van der Waals surface area contributed by atoms with Gasteiger partial charge >= 0.3 is 6.18 Å². The summed E-state index contributed by atoms with van der Waals surface area (Å²) in [6.45, 7) is -1.42. The van der Waals surface area contributed by atoms with Crippen LogP contribution in [0, 0.1) is 0 Å². The molecule has 2 heterocycles. The number of carbonyl (C=O) groups is 1. The molecule has 0 saturated carbocycles. The van der Waals surface area contributed by atoms with Gasteiger partial charge in [0.2, 0.25) is 5.88 Å². The number of carbonyl (C=O) groups excluding carboxylic acids is 1. The maximum atomic E-state index is 12.6. The van der Waals surface area contributed by atoms with Crippen LogP contribution in [-0.2, 0) is 12.8 Å². The van der Waals surface area contributed by atoms with E-state index >= 15 is 0 Å². The molecule has 1 unspecified atom stereocenters. The fraction of sp³-hybridized carbons (Fsp3) is 0.261. The maximum absolute atomic E-state index is 12.6. The second kappa shape index (κ2) is 8.75. The van der Waals surface area contributed by atoms with Crippen LogP contribution in [0.5, 0.6) is 5.88 Å². The molecule has 0 radical (unpaired) electrons. The van der Waals surface area contributed by atoms with Crippen molar-refractivity contribution in [3.05, 3.63) is 77.7 Å². The number of hydrogen-bond donors (Lipinski definition) is 1. The van der Waals surface area contributed by atoms with Crippen LogP contribution in [0.25, 0.3) is 11.1 Å². The van der Waals surface area contributed by atoms with Crippen LogP contribution in [0.4, 0.5) is 13.2 Å². The molecule has 1 N–H and O–H groups in total. The van der Waals surface area contributed by atoms with Crippen LogP contribution in [-0.4, -0.2) is 34.7 Å². The number of alkyl halides is 3. The van der Waals surface area contributed by atoms with Gasteiger partial charge in [-0.1, -0.05) is 18.2 Å². The molecule has 160 valence electrons. The Balaban J connectivity index is 1.43. The quantitative estimate of drug-likeness (QED) is 0.657. The Labute approximate surface area is 177 Å². The first-order valence-corrected chi connectivity index (χ1v) is 9.87. The molecule has 1 aliphatic carbocycles. The molecule has 0 aliphatic heterocycles. The smallest absolute Gasteiger partial charge is 0.422 e. The lowest BCUT2D eigenvalue weighted by Crippen LogP contribution is -2.39. The third-order valence-electron chi connectivity index (χ3n) is 5.19. The summed E-state index contributed by atoms with van der Waals surface area (Å²) in [5, 5.41) is 3.02. The molecule has 3 aromatic rings. The molecular formula is C23H20F3N3O2. The zero-order valence-electron chi connectivity index (χ0n) is 16.5. The zero-order valence-corrected chi connectivity index (χ0v) is 16.5. The Kier molecular flexibility index (Phi) is 5.88. The highest BCUT2D eigenvalue weighted by Crippen LogP contribution is 2.31. The molecule has 0 saturated heterocycles. The average molecular weight is 427 g/mol. The highest BCUT2D eigenvalue weighted by molar-refractivity contribution is 5.94. The Bertz CT molecular complexity index is 1050. The standard InChI is InChI=1S/C23H20F3N3O2/c24-23(25,26)14-31-21-7-5-17(13-28-21)22(30)29-18-6-4-15-2-1-3-19(20(15)12-18)16-8-10-27-11-9-16/h1-3,5,7-11,13,18H,4,6,12,14H2,(H,29,30). The lowest BCUT2D eigenvalue weighted by atomic mass is 9.83. The molecule has 8 heteroatoms. The van der Waals surface area contributed by atoms with E-state index in [1.54, 1.807) is 12.4 Å². The fourth-order valence-electron chi connectivity index (χ4n) is 3.74. The van der Waals surface area contributed by atoms with Gasteiger partial charge in [0.15, 0.2) is 6.61 Å². The van der Waals surface area contributed by atoms with E-state index in [9.17, 15) is 18.0 Å². The van der Waals surface area contributed by atoms with Crippen molar-refractivity contribution in [3.8, 4) is 17.0 Å². The maximum Gasteiger partial charge on any atom is 0.422 e. The lowest BCUT2D eigenvalue weighted by Gasteiger charge is -2.27. The number of ether oxygens (including phenoxy) is 1. The summed E-state index contributed by atoms with van der Waals surface area (Å²) in [4.78, 5) is 20.5. The highest BCUT2D eigenvalue weighted by Gasteiger charge is 2.28. The number of aromatic nitrogens is 2. The summed E-state index contributed by atoms with van der Waals surface area (Å²) in [5.74, 6) is -0.493. The third-order valence-corrected chi connectivity index (χ3v) is 5.19. The molecule has 1 amide bonds. The van der Waals surface area contributed by atoms with E-state index in [1.807, 2.05) is 18.2 Å². The molecule has 1 atom stereocenters. The molecule has 2 aromatic heterocycles. The summed E-state index contributed by atoms with van der Waals surface area (Å²) in [6.07, 6.45) is 2.64. The molecule has 4 rings (SSSR count). The number of rotatable bonds is 5. The fourth-order valence-corrected chi connectivity index (χ4v) is 3.74. The van der Waals surface area contributed by atoms with Gasteiger partial charge in [-0.25, -0.2) is 4.98 Å². The summed E-state index contributed by atoms with van der Waals surface area (Å²) in [7, 11) is 0. The predicted octanol–water partition coefficient (Wildman–Crippen LogP) is 4.37. The summed E-state index contributed by atoms with van der Waals surface area (Å²) >= 11 is 0. The molecule has 0 bridgehead atoms. The van der Waals surface area contributed by atoms with Gasteiger partial charge in [-0.15, -0.1) is 0 Å². The van der Waals surface area contributed by atoms with Crippen LogP contribution < -0.4 is 10.1 Å². The number of fused-ring (bicyclic) bond motifs is 1. The summed E-state index contributed by atoms with van der Waals surface area (Å²) < 4.78 is 41.3. The predicted molar refractivity (Wildman–Crippen MR) is 109 cm³/mol. The van der Waals surface area contributed by atoms with E-state index in [0.29, 0.717) is 6.42 Å². The number of nitrogens with zero attached hydrogens (tertiary/aromatic N) is 2. The van der Waals surface area contributed by atoms with Gasteiger partial charge in [0.05, 0.1) is 5.56 Å². The minimum atomic E-state index is -4.44. The minimum Gasteiger partial charge on any atom is -0.468 e. The van der Waals surface area contributed by atoms with Crippen LogP contribution in [0.1, 0.15) is 27.9 Å². The lowest BCUT2D eigenvalue weighted by molar-refractivity contribution is -0.154. The van der Waals surface area contributed by atoms with Crippen molar-refractivity contribution >= 4 is 5.91 Å². The summed E-state index contributed by atoms with van der Waals surface area (Å²) in [6, 6.07) is 12.8. The van der Waals surface area contributed by atoms with E-state index in [2.05, 4.69) is 32.2 Å². The number of halogens is 3. The van der Waals surface area contributed by atoms with Crippen molar-refractivity contribution in [3.63, 3.8) is 0 Å². The first-order chi connectivity index (χ1) is 14.9. The molecule has 1 aliphatic rings. The van der Waals surface area contributed by atoms with Crippen LogP contribution >= 0.6 is 0 Å². The van der Waals surface area contributed by atoms with Crippen molar-refractivity contribution in [1.82, 2.24) is 15.3 Å². The second-order valence-electron chi connectivity index (χ2n) is 7.38. The van der Waals surface area contributed by atoms with Gasteiger partial charge in [0.25, 0.3) is 5.91 Å². The molecule has 0 spiro atoms. The Morgan fingerprint density at radius 2 is 1.94 bits per heavy atom.